The zero-order valence-electron chi connectivity index (χ0n) is 21.5. The molecule has 0 radical (unpaired) electrons. The van der Waals surface area contributed by atoms with Crippen LogP contribution in [0.15, 0.2) is 64.6 Å². The lowest BCUT2D eigenvalue weighted by Gasteiger charge is -2.27. The molecule has 1 saturated heterocycles. The number of thiazole rings is 1. The summed E-state index contributed by atoms with van der Waals surface area (Å²) in [7, 11) is 0. The minimum absolute atomic E-state index is 0.0415. The molecule has 1 atom stereocenters. The number of amidine groups is 1. The molecule has 3 aliphatic rings. The SMILES string of the molecule is CC1(c2nc(C(=N)OC(N)=NC3N=C(c4ccccc4)c4ccccc4NC3=O)c(N3CCOCC3)s2)CC1. The highest BCUT2D eigenvalue weighted by Crippen LogP contribution is 2.50. The summed E-state index contributed by atoms with van der Waals surface area (Å²) in [5.74, 6) is -0.660. The molecule has 39 heavy (non-hydrogen) atoms. The third kappa shape index (κ3) is 5.15. The number of hydrogen-bond donors (Lipinski definition) is 3. The predicted molar refractivity (Wildman–Crippen MR) is 152 cm³/mol. The van der Waals surface area contributed by atoms with Gasteiger partial charge in [0.1, 0.15) is 10.0 Å². The van der Waals surface area contributed by atoms with Crippen molar-refractivity contribution < 1.29 is 14.3 Å². The fourth-order valence-electron chi connectivity index (χ4n) is 4.56. The smallest absolute Gasteiger partial charge is 0.291 e. The molecule has 1 unspecified atom stereocenters. The molecule has 1 aliphatic carbocycles. The lowest BCUT2D eigenvalue weighted by molar-refractivity contribution is -0.117. The molecular weight excluding hydrogens is 514 g/mol. The molecule has 2 aliphatic heterocycles. The highest BCUT2D eigenvalue weighted by atomic mass is 32.1. The van der Waals surface area contributed by atoms with Crippen LogP contribution in [0.2, 0.25) is 0 Å². The van der Waals surface area contributed by atoms with Gasteiger partial charge in [0.05, 0.1) is 24.6 Å². The number of benzene rings is 2. The highest BCUT2D eigenvalue weighted by molar-refractivity contribution is 7.16. The first-order chi connectivity index (χ1) is 18.9. The molecule has 2 fully saturated rings. The van der Waals surface area contributed by atoms with Gasteiger partial charge in [-0.05, 0) is 18.9 Å². The van der Waals surface area contributed by atoms with Crippen molar-refractivity contribution in [2.75, 3.05) is 36.5 Å². The van der Waals surface area contributed by atoms with Gasteiger partial charge in [-0.15, -0.1) is 11.3 Å². The maximum absolute atomic E-state index is 13.1. The Labute approximate surface area is 230 Å². The summed E-state index contributed by atoms with van der Waals surface area (Å²) in [5, 5.41) is 13.5. The van der Waals surface area contributed by atoms with Gasteiger partial charge in [-0.2, -0.15) is 4.99 Å². The molecular formula is C28H29N7O3S. The minimum Gasteiger partial charge on any atom is -0.405 e. The Hall–Kier alpha value is -4.09. The van der Waals surface area contributed by atoms with Gasteiger partial charge < -0.3 is 25.4 Å². The van der Waals surface area contributed by atoms with Crippen molar-refractivity contribution in [2.45, 2.75) is 31.3 Å². The maximum atomic E-state index is 13.1. The lowest BCUT2D eigenvalue weighted by atomic mass is 10.0. The Bertz CT molecular complexity index is 1470. The van der Waals surface area contributed by atoms with Gasteiger partial charge in [0.15, 0.2) is 5.69 Å². The molecule has 1 amide bonds. The molecule has 200 valence electrons. The molecule has 1 aromatic heterocycles. The number of benzodiazepines with no additional fused rings is 1. The van der Waals surface area contributed by atoms with E-state index in [1.165, 1.54) is 0 Å². The highest BCUT2D eigenvalue weighted by Gasteiger charge is 2.43. The van der Waals surface area contributed by atoms with Crippen molar-refractivity contribution in [1.82, 2.24) is 4.98 Å². The summed E-state index contributed by atoms with van der Waals surface area (Å²) in [6.45, 7) is 4.83. The van der Waals surface area contributed by atoms with E-state index in [1.54, 1.807) is 11.3 Å². The van der Waals surface area contributed by atoms with Crippen LogP contribution in [0.1, 0.15) is 41.6 Å². The fraction of sp³-hybridized carbons (Fsp3) is 0.321. The lowest BCUT2D eigenvalue weighted by Crippen LogP contribution is -2.37. The number of hydrogen-bond acceptors (Lipinski definition) is 9. The van der Waals surface area contributed by atoms with E-state index in [2.05, 4.69) is 27.1 Å². The zero-order chi connectivity index (χ0) is 27.0. The second kappa shape index (κ2) is 10.2. The molecule has 4 N–H and O–H groups in total. The second-order valence-corrected chi connectivity index (χ2v) is 11.0. The van der Waals surface area contributed by atoms with Crippen LogP contribution in [0.25, 0.3) is 0 Å². The Morgan fingerprint density at radius 3 is 2.64 bits per heavy atom. The molecule has 1 saturated carbocycles. The monoisotopic (exact) mass is 543 g/mol. The number of ether oxygens (including phenoxy) is 2. The summed E-state index contributed by atoms with van der Waals surface area (Å²) in [6.07, 6.45) is 0.943. The Kier molecular flexibility index (Phi) is 6.61. The molecule has 6 rings (SSSR count). The van der Waals surface area contributed by atoms with E-state index in [-0.39, 0.29) is 17.3 Å². The molecule has 0 spiro atoms. The standard InChI is InChI=1S/C28H29N7O3S/c1-28(11-12-28)26-33-21(25(39-26)35-13-15-37-16-14-35)22(29)38-27(30)34-23-24(36)31-19-10-6-5-9-18(19)20(32-23)17-7-3-2-4-8-17/h2-10,23,29H,11-16H2,1H3,(H2,30,34)(H,31,36). The molecule has 11 heteroatoms. The molecule has 2 aromatic carbocycles. The Morgan fingerprint density at radius 2 is 1.90 bits per heavy atom. The number of aliphatic imine (C=N–C) groups is 2. The normalized spacial score (nSPS) is 20.4. The number of anilines is 2. The quantitative estimate of drug-likeness (QED) is 0.333. The first-order valence-corrected chi connectivity index (χ1v) is 13.7. The number of fused-ring (bicyclic) bond motifs is 1. The number of rotatable bonds is 5. The average molecular weight is 544 g/mol. The van der Waals surface area contributed by atoms with Gasteiger partial charge in [-0.1, -0.05) is 55.5 Å². The van der Waals surface area contributed by atoms with Crippen LogP contribution in [-0.4, -0.2) is 61.0 Å². The van der Waals surface area contributed by atoms with Gasteiger partial charge in [-0.25, -0.2) is 9.98 Å². The van der Waals surface area contributed by atoms with Crippen molar-refractivity contribution >= 4 is 45.6 Å². The predicted octanol–water partition coefficient (Wildman–Crippen LogP) is 3.50. The summed E-state index contributed by atoms with van der Waals surface area (Å²) in [5.41, 5.74) is 9.49. The van der Waals surface area contributed by atoms with Crippen LogP contribution >= 0.6 is 11.3 Å². The number of carbonyl (C=O) groups is 1. The largest absolute Gasteiger partial charge is 0.405 e. The van der Waals surface area contributed by atoms with Crippen LogP contribution in [0.5, 0.6) is 0 Å². The van der Waals surface area contributed by atoms with Crippen molar-refractivity contribution in [3.05, 3.63) is 76.4 Å². The van der Waals surface area contributed by atoms with E-state index in [4.69, 9.17) is 25.6 Å². The van der Waals surface area contributed by atoms with Crippen LogP contribution in [0, 0.1) is 5.41 Å². The van der Waals surface area contributed by atoms with Crippen molar-refractivity contribution in [1.29, 1.82) is 5.41 Å². The number of aromatic nitrogens is 1. The van der Waals surface area contributed by atoms with E-state index in [9.17, 15) is 4.79 Å². The number of para-hydroxylation sites is 1. The number of nitrogens with one attached hydrogen (secondary N) is 2. The molecule has 10 nitrogen and oxygen atoms in total. The number of morpholine rings is 1. The number of amides is 1. The number of carbonyl (C=O) groups excluding carboxylic acids is 1. The zero-order valence-corrected chi connectivity index (χ0v) is 22.3. The third-order valence-corrected chi connectivity index (χ3v) is 8.49. The molecule has 3 heterocycles. The summed E-state index contributed by atoms with van der Waals surface area (Å²) in [6, 6.07) is 16.7. The average Bonchev–Trinajstić information content (AvgIpc) is 3.57. The maximum Gasteiger partial charge on any atom is 0.291 e. The van der Waals surface area contributed by atoms with Gasteiger partial charge in [-0.3, -0.25) is 10.2 Å². The van der Waals surface area contributed by atoms with Crippen molar-refractivity contribution in [3.63, 3.8) is 0 Å². The summed E-state index contributed by atoms with van der Waals surface area (Å²) < 4.78 is 11.2. The van der Waals surface area contributed by atoms with Gasteiger partial charge >= 0.3 is 0 Å². The van der Waals surface area contributed by atoms with Crippen molar-refractivity contribution in [2.24, 2.45) is 15.7 Å². The summed E-state index contributed by atoms with van der Waals surface area (Å²) >= 11 is 1.59. The Balaban J connectivity index is 1.29. The second-order valence-electron chi connectivity index (χ2n) is 9.98. The fourth-order valence-corrected chi connectivity index (χ4v) is 5.88. The van der Waals surface area contributed by atoms with Gasteiger partial charge in [0, 0.05) is 29.6 Å². The number of nitrogens with two attached hydrogens (primary N) is 1. The van der Waals surface area contributed by atoms with Crippen LogP contribution in [0.4, 0.5) is 10.7 Å². The Morgan fingerprint density at radius 1 is 1.18 bits per heavy atom. The first kappa shape index (κ1) is 25.2. The third-order valence-electron chi connectivity index (χ3n) is 7.07. The van der Waals surface area contributed by atoms with Crippen LogP contribution in [-0.2, 0) is 19.7 Å². The van der Waals surface area contributed by atoms with Crippen LogP contribution < -0.4 is 16.0 Å². The molecule has 3 aromatic rings. The van der Waals surface area contributed by atoms with Gasteiger partial charge in [0.25, 0.3) is 11.9 Å². The molecule has 0 bridgehead atoms. The minimum atomic E-state index is -1.20. The van der Waals surface area contributed by atoms with Crippen LogP contribution in [0.3, 0.4) is 0 Å². The van der Waals surface area contributed by atoms with Crippen molar-refractivity contribution in [3.8, 4) is 0 Å². The van der Waals surface area contributed by atoms with E-state index in [0.29, 0.717) is 43.4 Å². The first-order valence-electron chi connectivity index (χ1n) is 12.9. The topological polar surface area (TPSA) is 138 Å². The number of nitrogens with zero attached hydrogens (tertiary/aromatic N) is 4. The van der Waals surface area contributed by atoms with E-state index in [0.717, 1.165) is 34.0 Å². The van der Waals surface area contributed by atoms with Gasteiger partial charge in [0.2, 0.25) is 12.1 Å². The summed E-state index contributed by atoms with van der Waals surface area (Å²) in [4.78, 5) is 29.0. The van der Waals surface area contributed by atoms with E-state index >= 15 is 0 Å². The van der Waals surface area contributed by atoms with E-state index < -0.39 is 12.1 Å². The van der Waals surface area contributed by atoms with E-state index in [1.807, 2.05) is 54.6 Å².